The Morgan fingerprint density at radius 2 is 1.64 bits per heavy atom. The van der Waals surface area contributed by atoms with Crippen LogP contribution in [0.15, 0.2) is 79.4 Å². The molecule has 0 atom stereocenters. The summed E-state index contributed by atoms with van der Waals surface area (Å²) in [5.74, 6) is 2.25. The van der Waals surface area contributed by atoms with Crippen molar-refractivity contribution in [2.75, 3.05) is 21.3 Å². The number of allylic oxidation sites excluding steroid dienone is 1. The standard InChI is InChI=1S/C27H25ClN2O3/c1-5-6-23-26(32-3)16-15-22(27(23)33-4)24-17-25(18-7-9-19(28)10-8-18)30(29-24)20-11-13-21(31-2)14-12-20/h5,7-17H,1,6H2,2-4H3. The number of halogens is 1. The second-order valence-corrected chi connectivity index (χ2v) is 7.79. The molecule has 0 aliphatic rings. The SMILES string of the molecule is C=CCc1c(OC)ccc(-c2cc(-c3ccc(Cl)cc3)n(-c3ccc(OC)cc3)n2)c1OC. The monoisotopic (exact) mass is 460 g/mol. The van der Waals surface area contributed by atoms with Crippen molar-refractivity contribution in [3.8, 4) is 45.5 Å². The molecule has 0 aliphatic carbocycles. The highest BCUT2D eigenvalue weighted by atomic mass is 35.5. The largest absolute Gasteiger partial charge is 0.497 e. The Morgan fingerprint density at radius 1 is 0.909 bits per heavy atom. The van der Waals surface area contributed by atoms with Crippen LogP contribution in [0.25, 0.3) is 28.2 Å². The van der Waals surface area contributed by atoms with E-state index in [2.05, 4.69) is 12.6 Å². The molecule has 0 N–H and O–H groups in total. The van der Waals surface area contributed by atoms with E-state index in [1.54, 1.807) is 21.3 Å². The first-order valence-electron chi connectivity index (χ1n) is 10.4. The van der Waals surface area contributed by atoms with E-state index in [1.165, 1.54) is 0 Å². The third-order valence-corrected chi connectivity index (χ3v) is 5.68. The van der Waals surface area contributed by atoms with E-state index in [-0.39, 0.29) is 0 Å². The first-order valence-corrected chi connectivity index (χ1v) is 10.8. The Bertz CT molecular complexity index is 1260. The molecule has 168 valence electrons. The van der Waals surface area contributed by atoms with Crippen LogP contribution in [0, 0.1) is 0 Å². The van der Waals surface area contributed by atoms with Gasteiger partial charge in [-0.3, -0.25) is 0 Å². The van der Waals surface area contributed by atoms with Gasteiger partial charge in [0.1, 0.15) is 17.2 Å². The van der Waals surface area contributed by atoms with Crippen molar-refractivity contribution in [2.24, 2.45) is 0 Å². The summed E-state index contributed by atoms with van der Waals surface area (Å²) in [4.78, 5) is 0. The Kier molecular flexibility index (Phi) is 6.71. The van der Waals surface area contributed by atoms with Gasteiger partial charge in [0.2, 0.25) is 0 Å². The lowest BCUT2D eigenvalue weighted by molar-refractivity contribution is 0.388. The second-order valence-electron chi connectivity index (χ2n) is 7.35. The highest BCUT2D eigenvalue weighted by Gasteiger charge is 2.20. The third-order valence-electron chi connectivity index (χ3n) is 5.43. The van der Waals surface area contributed by atoms with Crippen molar-refractivity contribution in [1.82, 2.24) is 9.78 Å². The van der Waals surface area contributed by atoms with Crippen LogP contribution in [0.3, 0.4) is 0 Å². The smallest absolute Gasteiger partial charge is 0.135 e. The Morgan fingerprint density at radius 3 is 2.24 bits per heavy atom. The molecular weight excluding hydrogens is 436 g/mol. The van der Waals surface area contributed by atoms with Gasteiger partial charge in [-0.25, -0.2) is 4.68 Å². The van der Waals surface area contributed by atoms with Crippen molar-refractivity contribution in [2.45, 2.75) is 6.42 Å². The highest BCUT2D eigenvalue weighted by Crippen LogP contribution is 2.40. The van der Waals surface area contributed by atoms with Gasteiger partial charge in [0.15, 0.2) is 0 Å². The predicted molar refractivity (Wildman–Crippen MR) is 133 cm³/mol. The van der Waals surface area contributed by atoms with E-state index < -0.39 is 0 Å². The zero-order chi connectivity index (χ0) is 23.4. The lowest BCUT2D eigenvalue weighted by atomic mass is 10.0. The molecule has 0 unspecified atom stereocenters. The minimum absolute atomic E-state index is 0.615. The lowest BCUT2D eigenvalue weighted by Crippen LogP contribution is -2.01. The normalized spacial score (nSPS) is 10.7. The molecule has 4 rings (SSSR count). The van der Waals surface area contributed by atoms with Crippen LogP contribution in [0.2, 0.25) is 5.02 Å². The summed E-state index contributed by atoms with van der Waals surface area (Å²) in [6, 6.07) is 21.5. The van der Waals surface area contributed by atoms with E-state index in [1.807, 2.05) is 71.4 Å². The van der Waals surface area contributed by atoms with E-state index >= 15 is 0 Å². The third kappa shape index (κ3) is 4.45. The van der Waals surface area contributed by atoms with E-state index in [0.29, 0.717) is 11.4 Å². The van der Waals surface area contributed by atoms with E-state index in [9.17, 15) is 0 Å². The molecule has 6 heteroatoms. The topological polar surface area (TPSA) is 45.5 Å². The number of ether oxygens (including phenoxy) is 3. The van der Waals surface area contributed by atoms with Gasteiger partial charge in [0.25, 0.3) is 0 Å². The van der Waals surface area contributed by atoms with Gasteiger partial charge >= 0.3 is 0 Å². The van der Waals surface area contributed by atoms with Crippen LogP contribution >= 0.6 is 11.6 Å². The predicted octanol–water partition coefficient (Wildman–Crippen LogP) is 6.61. The molecule has 0 saturated heterocycles. The summed E-state index contributed by atoms with van der Waals surface area (Å²) in [5.41, 5.74) is 5.41. The van der Waals surface area contributed by atoms with Crippen LogP contribution in [-0.4, -0.2) is 31.1 Å². The van der Waals surface area contributed by atoms with Gasteiger partial charge in [-0.15, -0.1) is 6.58 Å². The average molecular weight is 461 g/mol. The number of methoxy groups -OCH3 is 3. The summed E-state index contributed by atoms with van der Waals surface area (Å²) >= 11 is 6.13. The molecule has 1 aromatic heterocycles. The number of aromatic nitrogens is 2. The van der Waals surface area contributed by atoms with Gasteiger partial charge in [-0.05, 0) is 61.0 Å². The maximum Gasteiger partial charge on any atom is 0.135 e. The summed E-state index contributed by atoms with van der Waals surface area (Å²) in [6.07, 6.45) is 2.45. The molecule has 0 fully saturated rings. The molecule has 1 heterocycles. The Labute approximate surface area is 198 Å². The molecule has 0 aliphatic heterocycles. The zero-order valence-corrected chi connectivity index (χ0v) is 19.6. The van der Waals surface area contributed by atoms with E-state index in [0.717, 1.165) is 51.0 Å². The molecule has 0 bridgehead atoms. The van der Waals surface area contributed by atoms with E-state index in [4.69, 9.17) is 30.9 Å². The fraction of sp³-hybridized carbons (Fsp3) is 0.148. The van der Waals surface area contributed by atoms with Crippen LogP contribution in [0.1, 0.15) is 5.56 Å². The van der Waals surface area contributed by atoms with Crippen LogP contribution < -0.4 is 14.2 Å². The maximum atomic E-state index is 6.13. The first-order chi connectivity index (χ1) is 16.1. The van der Waals surface area contributed by atoms with Crippen molar-refractivity contribution in [1.29, 1.82) is 0 Å². The van der Waals surface area contributed by atoms with Crippen molar-refractivity contribution in [3.05, 3.63) is 90.0 Å². The number of nitrogens with zero attached hydrogens (tertiary/aromatic N) is 2. The lowest BCUT2D eigenvalue weighted by Gasteiger charge is -2.15. The number of hydrogen-bond donors (Lipinski definition) is 0. The summed E-state index contributed by atoms with van der Waals surface area (Å²) < 4.78 is 18.6. The van der Waals surface area contributed by atoms with Crippen molar-refractivity contribution >= 4 is 11.6 Å². The molecule has 3 aromatic carbocycles. The summed E-state index contributed by atoms with van der Waals surface area (Å²) in [5, 5.41) is 5.65. The van der Waals surface area contributed by atoms with Crippen LogP contribution in [0.4, 0.5) is 0 Å². The fourth-order valence-electron chi connectivity index (χ4n) is 3.83. The highest BCUT2D eigenvalue weighted by molar-refractivity contribution is 6.30. The van der Waals surface area contributed by atoms with Gasteiger partial charge in [-0.2, -0.15) is 5.10 Å². The molecular formula is C27H25ClN2O3. The van der Waals surface area contributed by atoms with Gasteiger partial charge in [0.05, 0.1) is 38.4 Å². The van der Waals surface area contributed by atoms with Gasteiger partial charge < -0.3 is 14.2 Å². The second kappa shape index (κ2) is 9.84. The minimum atomic E-state index is 0.615. The Balaban J connectivity index is 1.92. The number of benzene rings is 3. The average Bonchev–Trinajstić information content (AvgIpc) is 3.29. The zero-order valence-electron chi connectivity index (χ0n) is 18.8. The van der Waals surface area contributed by atoms with Crippen LogP contribution in [0.5, 0.6) is 17.2 Å². The van der Waals surface area contributed by atoms with Gasteiger partial charge in [-0.1, -0.05) is 29.8 Å². The van der Waals surface area contributed by atoms with Crippen molar-refractivity contribution in [3.63, 3.8) is 0 Å². The molecule has 0 amide bonds. The molecule has 0 saturated carbocycles. The van der Waals surface area contributed by atoms with Crippen molar-refractivity contribution < 1.29 is 14.2 Å². The first kappa shape index (κ1) is 22.5. The molecule has 0 radical (unpaired) electrons. The quantitative estimate of drug-likeness (QED) is 0.277. The molecule has 4 aromatic rings. The number of hydrogen-bond acceptors (Lipinski definition) is 4. The van der Waals surface area contributed by atoms with Gasteiger partial charge in [0, 0.05) is 21.7 Å². The maximum absolute atomic E-state index is 6.13. The van der Waals surface area contributed by atoms with Crippen LogP contribution in [-0.2, 0) is 6.42 Å². The number of rotatable bonds is 8. The molecule has 33 heavy (non-hydrogen) atoms. The summed E-state index contributed by atoms with van der Waals surface area (Å²) in [6.45, 7) is 3.88. The minimum Gasteiger partial charge on any atom is -0.497 e. The Hall–Kier alpha value is -3.70. The molecule has 5 nitrogen and oxygen atoms in total. The molecule has 0 spiro atoms. The fourth-order valence-corrected chi connectivity index (χ4v) is 3.96. The summed E-state index contributed by atoms with van der Waals surface area (Å²) in [7, 11) is 4.96.